The quantitative estimate of drug-likeness (QED) is 0.265. The van der Waals surface area contributed by atoms with Crippen molar-refractivity contribution in [3.8, 4) is 0 Å². The van der Waals surface area contributed by atoms with Gasteiger partial charge >= 0.3 is 0 Å². The van der Waals surface area contributed by atoms with Gasteiger partial charge < -0.3 is 21.3 Å². The second-order valence-electron chi connectivity index (χ2n) is 7.64. The molecule has 1 aromatic heterocycles. The summed E-state index contributed by atoms with van der Waals surface area (Å²) in [7, 11) is 0. The number of hydrogen-bond acceptors (Lipinski definition) is 4. The predicted molar refractivity (Wildman–Crippen MR) is 137 cm³/mol. The van der Waals surface area contributed by atoms with E-state index in [1.165, 1.54) is 6.07 Å². The summed E-state index contributed by atoms with van der Waals surface area (Å²) in [5.41, 5.74) is 7.19. The van der Waals surface area contributed by atoms with E-state index in [4.69, 9.17) is 5.73 Å². The zero-order chi connectivity index (χ0) is 22.1. The number of nitrogens with one attached hydrogen (secondary N) is 2. The van der Waals surface area contributed by atoms with Gasteiger partial charge in [0.05, 0.1) is 12.5 Å². The van der Waals surface area contributed by atoms with E-state index in [1.54, 1.807) is 18.3 Å². The Kier molecular flexibility index (Phi) is 10.6. The zero-order valence-corrected chi connectivity index (χ0v) is 20.7. The predicted octanol–water partition coefficient (Wildman–Crippen LogP) is 2.84. The van der Waals surface area contributed by atoms with Crippen molar-refractivity contribution in [2.24, 2.45) is 16.6 Å². The average molecular weight is 554 g/mol. The molecule has 0 radical (unpaired) electrons. The number of aliphatic imine (C=N–C) groups is 1. The number of nitrogens with two attached hydrogens (primary N) is 1. The molecule has 1 amide bonds. The number of aromatic nitrogens is 1. The lowest BCUT2D eigenvalue weighted by molar-refractivity contribution is -0.122. The maximum absolute atomic E-state index is 13.8. The first kappa shape index (κ1) is 25.8. The van der Waals surface area contributed by atoms with E-state index in [0.717, 1.165) is 37.3 Å². The van der Waals surface area contributed by atoms with E-state index in [-0.39, 0.29) is 41.6 Å². The lowest BCUT2D eigenvalue weighted by Crippen LogP contribution is -2.42. The Labute approximate surface area is 206 Å². The van der Waals surface area contributed by atoms with Gasteiger partial charge in [-0.25, -0.2) is 14.4 Å². The summed E-state index contributed by atoms with van der Waals surface area (Å²) in [4.78, 5) is 23.0. The molecule has 1 saturated heterocycles. The van der Waals surface area contributed by atoms with Crippen molar-refractivity contribution in [3.63, 3.8) is 0 Å². The van der Waals surface area contributed by atoms with Crippen molar-refractivity contribution in [3.05, 3.63) is 59.5 Å². The van der Waals surface area contributed by atoms with Crippen molar-refractivity contribution >= 4 is 41.7 Å². The number of anilines is 1. The van der Waals surface area contributed by atoms with Crippen LogP contribution in [0.25, 0.3) is 0 Å². The smallest absolute Gasteiger partial charge is 0.222 e. The lowest BCUT2D eigenvalue weighted by atomic mass is 9.97. The molecule has 3 rings (SSSR count). The molecule has 2 aromatic rings. The van der Waals surface area contributed by atoms with Crippen LogP contribution in [-0.4, -0.2) is 43.0 Å². The highest BCUT2D eigenvalue weighted by Crippen LogP contribution is 2.24. The number of halogens is 2. The van der Waals surface area contributed by atoms with Gasteiger partial charge in [0.25, 0.3) is 0 Å². The number of carbonyl (C=O) groups excluding carboxylic acids is 1. The number of guanidine groups is 1. The molecule has 1 atom stereocenters. The van der Waals surface area contributed by atoms with Crippen LogP contribution in [0.15, 0.2) is 47.6 Å². The fraction of sp³-hybridized carbons (Fsp3) is 0.435. The van der Waals surface area contributed by atoms with Crippen LogP contribution >= 0.6 is 24.0 Å². The maximum atomic E-state index is 13.8. The summed E-state index contributed by atoms with van der Waals surface area (Å²) in [6.45, 7) is 5.16. The van der Waals surface area contributed by atoms with Gasteiger partial charge in [0, 0.05) is 37.9 Å². The van der Waals surface area contributed by atoms with Gasteiger partial charge in [-0.15, -0.1) is 24.0 Å². The van der Waals surface area contributed by atoms with Crippen LogP contribution in [0.3, 0.4) is 0 Å². The van der Waals surface area contributed by atoms with Crippen LogP contribution in [0.1, 0.15) is 30.9 Å². The zero-order valence-electron chi connectivity index (χ0n) is 18.4. The van der Waals surface area contributed by atoms with Crippen molar-refractivity contribution in [1.29, 1.82) is 0 Å². The molecule has 32 heavy (non-hydrogen) atoms. The third-order valence-electron chi connectivity index (χ3n) is 5.39. The van der Waals surface area contributed by atoms with E-state index >= 15 is 0 Å². The minimum Gasteiger partial charge on any atom is -0.369 e. The average Bonchev–Trinajstić information content (AvgIpc) is 2.79. The molecule has 174 valence electrons. The van der Waals surface area contributed by atoms with E-state index in [2.05, 4.69) is 25.5 Å². The van der Waals surface area contributed by atoms with Crippen LogP contribution in [0.5, 0.6) is 0 Å². The van der Waals surface area contributed by atoms with Gasteiger partial charge in [-0.3, -0.25) is 4.79 Å². The first-order valence-corrected chi connectivity index (χ1v) is 10.8. The van der Waals surface area contributed by atoms with Crippen molar-refractivity contribution in [2.45, 2.75) is 32.7 Å². The van der Waals surface area contributed by atoms with E-state index in [9.17, 15) is 9.18 Å². The minimum atomic E-state index is -0.256. The Bertz CT molecular complexity index is 910. The highest BCUT2D eigenvalue weighted by Gasteiger charge is 2.25. The number of rotatable bonds is 8. The SMILES string of the molecule is CCNC(=NCc1cccnc1N1CCCC(C(N)=O)C1)NCCc1ccccc1F.I. The Morgan fingerprint density at radius 3 is 2.78 bits per heavy atom. The van der Waals surface area contributed by atoms with Gasteiger partial charge in [0.2, 0.25) is 5.91 Å². The van der Waals surface area contributed by atoms with Crippen LogP contribution < -0.4 is 21.3 Å². The van der Waals surface area contributed by atoms with Crippen molar-refractivity contribution in [1.82, 2.24) is 15.6 Å². The number of hydrogen-bond donors (Lipinski definition) is 3. The largest absolute Gasteiger partial charge is 0.369 e. The number of amides is 1. The first-order chi connectivity index (χ1) is 15.1. The highest BCUT2D eigenvalue weighted by atomic mass is 127. The van der Waals surface area contributed by atoms with Gasteiger partial charge in [-0.1, -0.05) is 24.3 Å². The topological polar surface area (TPSA) is 95.6 Å². The van der Waals surface area contributed by atoms with Crippen LogP contribution in [-0.2, 0) is 17.8 Å². The van der Waals surface area contributed by atoms with Gasteiger partial charge in [-0.2, -0.15) is 0 Å². The molecule has 1 aromatic carbocycles. The molecule has 1 aliphatic heterocycles. The minimum absolute atomic E-state index is 0. The van der Waals surface area contributed by atoms with Crippen LogP contribution in [0.4, 0.5) is 10.2 Å². The van der Waals surface area contributed by atoms with E-state index in [1.807, 2.05) is 25.1 Å². The maximum Gasteiger partial charge on any atom is 0.222 e. The summed E-state index contributed by atoms with van der Waals surface area (Å²) in [5.74, 6) is 0.918. The van der Waals surface area contributed by atoms with Gasteiger partial charge in [-0.05, 0) is 43.9 Å². The molecule has 1 aliphatic rings. The molecule has 4 N–H and O–H groups in total. The number of nitrogens with zero attached hydrogens (tertiary/aromatic N) is 3. The third-order valence-corrected chi connectivity index (χ3v) is 5.39. The van der Waals surface area contributed by atoms with Crippen LogP contribution in [0, 0.1) is 11.7 Å². The number of carbonyl (C=O) groups is 1. The molecule has 0 saturated carbocycles. The first-order valence-electron chi connectivity index (χ1n) is 10.8. The highest BCUT2D eigenvalue weighted by molar-refractivity contribution is 14.0. The summed E-state index contributed by atoms with van der Waals surface area (Å²) in [6.07, 6.45) is 4.06. The summed E-state index contributed by atoms with van der Waals surface area (Å²) in [5, 5.41) is 6.49. The van der Waals surface area contributed by atoms with Gasteiger partial charge in [0.1, 0.15) is 11.6 Å². The van der Waals surface area contributed by atoms with E-state index in [0.29, 0.717) is 37.6 Å². The number of pyridine rings is 1. The Balaban J connectivity index is 0.00000363. The Morgan fingerprint density at radius 1 is 1.25 bits per heavy atom. The Hall–Kier alpha value is -2.43. The molecular weight excluding hydrogens is 522 g/mol. The fourth-order valence-electron chi connectivity index (χ4n) is 3.76. The normalized spacial score (nSPS) is 16.2. The molecule has 2 heterocycles. The van der Waals surface area contributed by atoms with Crippen molar-refractivity contribution in [2.75, 3.05) is 31.1 Å². The molecule has 0 bridgehead atoms. The molecule has 7 nitrogen and oxygen atoms in total. The summed E-state index contributed by atoms with van der Waals surface area (Å²) >= 11 is 0. The molecule has 1 unspecified atom stereocenters. The summed E-state index contributed by atoms with van der Waals surface area (Å²) < 4.78 is 13.8. The lowest BCUT2D eigenvalue weighted by Gasteiger charge is -2.33. The second-order valence-corrected chi connectivity index (χ2v) is 7.64. The Morgan fingerprint density at radius 2 is 2.03 bits per heavy atom. The standard InChI is InChI=1S/C23H31FN6O.HI/c1-2-26-23(28-13-11-17-7-3-4-10-20(17)24)29-15-18-8-5-12-27-22(18)30-14-6-9-19(16-30)21(25)31;/h3-5,7-8,10,12,19H,2,6,9,11,13-16H2,1H3,(H2,25,31)(H2,26,28,29);1H. The number of piperidine rings is 1. The number of benzene rings is 1. The van der Waals surface area contributed by atoms with E-state index < -0.39 is 0 Å². The van der Waals surface area contributed by atoms with Crippen molar-refractivity contribution < 1.29 is 9.18 Å². The second kappa shape index (κ2) is 13.2. The molecule has 0 spiro atoms. The number of primary amides is 1. The van der Waals surface area contributed by atoms with Crippen LogP contribution in [0.2, 0.25) is 0 Å². The third kappa shape index (κ3) is 7.32. The molecule has 1 fully saturated rings. The molecule has 0 aliphatic carbocycles. The fourth-order valence-corrected chi connectivity index (χ4v) is 3.76. The van der Waals surface area contributed by atoms with Gasteiger partial charge in [0.15, 0.2) is 5.96 Å². The molecular formula is C23H32FIN6O. The monoisotopic (exact) mass is 554 g/mol. The summed E-state index contributed by atoms with van der Waals surface area (Å²) in [6, 6.07) is 10.7. The molecule has 9 heteroatoms.